The summed E-state index contributed by atoms with van der Waals surface area (Å²) >= 11 is 1.34. The average molecular weight is 621 g/mol. The fourth-order valence-electron chi connectivity index (χ4n) is 6.22. The van der Waals surface area contributed by atoms with Crippen molar-refractivity contribution in [3.8, 4) is 17.6 Å². The molecule has 10 nitrogen and oxygen atoms in total. The molecule has 1 saturated carbocycles. The van der Waals surface area contributed by atoms with Gasteiger partial charge in [-0.05, 0) is 80.5 Å². The van der Waals surface area contributed by atoms with Crippen LogP contribution < -0.4 is 20.3 Å². The highest BCUT2D eigenvalue weighted by atomic mass is 32.2. The first-order valence-electron chi connectivity index (χ1n) is 15.2. The van der Waals surface area contributed by atoms with Gasteiger partial charge in [0.25, 0.3) is 5.91 Å². The number of benzene rings is 2. The molecule has 3 unspecified atom stereocenters. The maximum atomic E-state index is 13.7. The number of urea groups is 1. The molecule has 3 aliphatic heterocycles. The van der Waals surface area contributed by atoms with Gasteiger partial charge in [-0.1, -0.05) is 36.0 Å². The molecule has 11 heteroatoms. The van der Waals surface area contributed by atoms with E-state index in [2.05, 4.69) is 21.7 Å². The van der Waals surface area contributed by atoms with Gasteiger partial charge in [0.1, 0.15) is 33.4 Å². The number of carbonyl (C=O) groups is 3. The van der Waals surface area contributed by atoms with Crippen molar-refractivity contribution in [1.82, 2.24) is 20.5 Å². The number of pyridine rings is 1. The number of para-hydroxylation sites is 1. The van der Waals surface area contributed by atoms with Gasteiger partial charge in [-0.15, -0.1) is 0 Å². The standard InChI is InChI=1S/C34H32N6O4S/c1-20-16-25(44-24-7-3-2-4-8-24)11-12-26(20)40-27-13-14-36-32-28(27)29(38-34(40)43)30(45-32)31(41)37-23-6-5-15-39(19-23)33(42)22(18-35)17-21-9-10-21/h2-4,7-8,11-14,16-17,21,23,29-30H,5-6,9-10,15,19H2,1H3,(H,37,41)(H,38,43)/b22-17+. The minimum atomic E-state index is -0.613. The molecule has 1 aromatic heterocycles. The molecule has 3 aromatic rings. The predicted octanol–water partition coefficient (Wildman–Crippen LogP) is 5.53. The topological polar surface area (TPSA) is 128 Å². The Balaban J connectivity index is 1.07. The summed E-state index contributed by atoms with van der Waals surface area (Å²) in [6.07, 6.45) is 6.93. The van der Waals surface area contributed by atoms with Gasteiger partial charge in [-0.25, -0.2) is 9.78 Å². The number of ether oxygens (including phenoxy) is 1. The summed E-state index contributed by atoms with van der Waals surface area (Å²) in [5, 5.41) is 15.8. The van der Waals surface area contributed by atoms with Crippen molar-refractivity contribution in [2.24, 2.45) is 5.92 Å². The summed E-state index contributed by atoms with van der Waals surface area (Å²) in [6, 6.07) is 17.8. The van der Waals surface area contributed by atoms with Gasteiger partial charge in [0.05, 0.1) is 17.4 Å². The number of allylic oxidation sites excluding steroid dienone is 1. The molecular weight excluding hydrogens is 588 g/mol. The van der Waals surface area contributed by atoms with Gasteiger partial charge in [-0.3, -0.25) is 14.5 Å². The second kappa shape index (κ2) is 11.9. The van der Waals surface area contributed by atoms with E-state index in [1.807, 2.05) is 61.5 Å². The van der Waals surface area contributed by atoms with Crippen molar-refractivity contribution in [2.45, 2.75) is 55.0 Å². The normalized spacial score (nSPS) is 22.3. The molecule has 4 heterocycles. The summed E-state index contributed by atoms with van der Waals surface area (Å²) in [6.45, 7) is 2.83. The number of anilines is 2. The molecule has 0 spiro atoms. The van der Waals surface area contributed by atoms with Crippen molar-refractivity contribution in [3.63, 3.8) is 0 Å². The average Bonchev–Trinajstić information content (AvgIpc) is 3.80. The van der Waals surface area contributed by atoms with Crippen LogP contribution in [0.4, 0.5) is 16.2 Å². The Morgan fingerprint density at radius 1 is 1.11 bits per heavy atom. The monoisotopic (exact) mass is 620 g/mol. The van der Waals surface area contributed by atoms with Gasteiger partial charge >= 0.3 is 6.03 Å². The first kappa shape index (κ1) is 28.9. The lowest BCUT2D eigenvalue weighted by Crippen LogP contribution is -2.54. The lowest BCUT2D eigenvalue weighted by atomic mass is 9.98. The van der Waals surface area contributed by atoms with Gasteiger partial charge in [-0.2, -0.15) is 5.26 Å². The van der Waals surface area contributed by atoms with Gasteiger partial charge in [0, 0.05) is 30.9 Å². The Bertz CT molecular complexity index is 1750. The molecule has 2 aromatic carbocycles. The largest absolute Gasteiger partial charge is 0.457 e. The number of amides is 4. The molecule has 0 radical (unpaired) electrons. The number of hydrogen-bond donors (Lipinski definition) is 2. The molecule has 45 heavy (non-hydrogen) atoms. The van der Waals surface area contributed by atoms with E-state index in [9.17, 15) is 19.6 Å². The number of aryl methyl sites for hydroxylation is 1. The predicted molar refractivity (Wildman–Crippen MR) is 169 cm³/mol. The number of carbonyl (C=O) groups excluding carboxylic acids is 3. The van der Waals surface area contributed by atoms with Gasteiger partial charge in [0.2, 0.25) is 5.91 Å². The number of hydrogen-bond acceptors (Lipinski definition) is 7. The van der Waals surface area contributed by atoms with E-state index < -0.39 is 11.3 Å². The molecule has 4 aliphatic rings. The Morgan fingerprint density at radius 3 is 2.69 bits per heavy atom. The highest BCUT2D eigenvalue weighted by Gasteiger charge is 2.47. The number of thioether (sulfide) groups is 1. The zero-order valence-corrected chi connectivity index (χ0v) is 25.5. The quantitative estimate of drug-likeness (QED) is 0.263. The van der Waals surface area contributed by atoms with E-state index in [0.717, 1.165) is 42.6 Å². The molecule has 3 atom stereocenters. The zero-order chi connectivity index (χ0) is 31.1. The van der Waals surface area contributed by atoms with Crippen LogP contribution in [0, 0.1) is 24.2 Å². The minimum Gasteiger partial charge on any atom is -0.457 e. The van der Waals surface area contributed by atoms with Crippen LogP contribution in [0.5, 0.6) is 11.5 Å². The highest BCUT2D eigenvalue weighted by Crippen LogP contribution is 2.51. The third-order valence-corrected chi connectivity index (χ3v) is 9.87. The third-order valence-electron chi connectivity index (χ3n) is 8.58. The smallest absolute Gasteiger partial charge is 0.327 e. The molecule has 1 saturated heterocycles. The Morgan fingerprint density at radius 2 is 1.93 bits per heavy atom. The Labute approximate surface area is 265 Å². The lowest BCUT2D eigenvalue weighted by Gasteiger charge is -2.36. The summed E-state index contributed by atoms with van der Waals surface area (Å²) < 4.78 is 5.99. The minimum absolute atomic E-state index is 0.188. The number of aromatic nitrogens is 1. The van der Waals surface area contributed by atoms with Crippen LogP contribution in [0.25, 0.3) is 0 Å². The Hall–Kier alpha value is -4.82. The Kier molecular flexibility index (Phi) is 7.67. The number of likely N-dealkylation sites (tertiary alicyclic amines) is 1. The fourth-order valence-corrected chi connectivity index (χ4v) is 7.46. The van der Waals surface area contributed by atoms with Crippen molar-refractivity contribution < 1.29 is 19.1 Å². The highest BCUT2D eigenvalue weighted by molar-refractivity contribution is 8.01. The van der Waals surface area contributed by atoms with Crippen molar-refractivity contribution in [2.75, 3.05) is 18.0 Å². The van der Waals surface area contributed by atoms with Crippen LogP contribution in [0.15, 0.2) is 77.5 Å². The maximum Gasteiger partial charge on any atom is 0.327 e. The molecule has 4 amide bonds. The first-order chi connectivity index (χ1) is 21.9. The van der Waals surface area contributed by atoms with Crippen LogP contribution in [0.3, 0.4) is 0 Å². The second-order valence-electron chi connectivity index (χ2n) is 11.8. The number of rotatable bonds is 7. The molecule has 2 fully saturated rings. The molecule has 1 aliphatic carbocycles. The summed E-state index contributed by atoms with van der Waals surface area (Å²) in [5.41, 5.74) is 3.25. The SMILES string of the molecule is Cc1cc(Oc2ccccc2)ccc1N1C(=O)NC2c3c1ccnc3SC2C(=O)NC1CCCN(C(=O)/C(C#N)=C/C2CC2)C1. The fraction of sp³-hybridized carbons (Fsp3) is 0.324. The summed E-state index contributed by atoms with van der Waals surface area (Å²) in [5.74, 6) is 1.23. The summed E-state index contributed by atoms with van der Waals surface area (Å²) in [7, 11) is 0. The van der Waals surface area contributed by atoms with Gasteiger partial charge < -0.3 is 20.3 Å². The molecule has 7 rings (SSSR count). The third kappa shape index (κ3) is 5.73. The van der Waals surface area contributed by atoms with Gasteiger partial charge in [0.15, 0.2) is 0 Å². The number of piperidine rings is 1. The molecule has 2 N–H and O–H groups in total. The first-order valence-corrected chi connectivity index (χ1v) is 16.1. The number of nitrogens with zero attached hydrogens (tertiary/aromatic N) is 4. The van der Waals surface area contributed by atoms with Crippen LogP contribution in [0.2, 0.25) is 0 Å². The number of nitriles is 1. The van der Waals surface area contributed by atoms with E-state index in [4.69, 9.17) is 4.74 Å². The van der Waals surface area contributed by atoms with Crippen LogP contribution >= 0.6 is 11.8 Å². The van der Waals surface area contributed by atoms with Crippen LogP contribution in [-0.4, -0.2) is 52.1 Å². The van der Waals surface area contributed by atoms with Crippen molar-refractivity contribution in [3.05, 3.63) is 83.6 Å². The molecular formula is C34H32N6O4S. The molecule has 228 valence electrons. The van der Waals surface area contributed by atoms with E-state index in [1.54, 1.807) is 22.1 Å². The van der Waals surface area contributed by atoms with Crippen molar-refractivity contribution in [1.29, 1.82) is 5.26 Å². The second-order valence-corrected chi connectivity index (χ2v) is 13.0. The molecule has 0 bridgehead atoms. The van der Waals surface area contributed by atoms with Crippen LogP contribution in [-0.2, 0) is 9.59 Å². The number of nitrogens with one attached hydrogen (secondary N) is 2. The lowest BCUT2D eigenvalue weighted by molar-refractivity contribution is -0.129. The van der Waals surface area contributed by atoms with E-state index in [0.29, 0.717) is 41.2 Å². The van der Waals surface area contributed by atoms with Crippen LogP contribution in [0.1, 0.15) is 42.9 Å². The maximum absolute atomic E-state index is 13.7. The van der Waals surface area contributed by atoms with E-state index in [-0.39, 0.29) is 29.5 Å². The van der Waals surface area contributed by atoms with E-state index >= 15 is 0 Å². The van der Waals surface area contributed by atoms with E-state index in [1.165, 1.54) is 11.8 Å². The summed E-state index contributed by atoms with van der Waals surface area (Å²) in [4.78, 5) is 48.3. The zero-order valence-electron chi connectivity index (χ0n) is 24.7. The van der Waals surface area contributed by atoms with Crippen molar-refractivity contribution >= 4 is 41.0 Å².